The molecule has 134 valence electrons. The lowest BCUT2D eigenvalue weighted by Crippen LogP contribution is -2.19. The van der Waals surface area contributed by atoms with Crippen molar-refractivity contribution in [1.82, 2.24) is 9.78 Å². The minimum atomic E-state index is -0.338. The van der Waals surface area contributed by atoms with Crippen LogP contribution in [-0.4, -0.2) is 15.5 Å². The molecule has 0 fully saturated rings. The zero-order valence-electron chi connectivity index (χ0n) is 14.6. The first kappa shape index (κ1) is 18.3. The van der Waals surface area contributed by atoms with Crippen molar-refractivity contribution in [2.24, 2.45) is 4.99 Å². The summed E-state index contributed by atoms with van der Waals surface area (Å²) in [4.78, 5) is 17.6. The van der Waals surface area contributed by atoms with E-state index in [0.717, 1.165) is 28.7 Å². The zero-order valence-corrected chi connectivity index (χ0v) is 16.2. The Morgan fingerprint density at radius 1 is 1.15 bits per heavy atom. The number of halogens is 2. The van der Waals surface area contributed by atoms with Crippen LogP contribution in [0.1, 0.15) is 31.5 Å². The molecule has 0 aliphatic rings. The second-order valence-electron chi connectivity index (χ2n) is 6.01. The predicted octanol–water partition coefficient (Wildman–Crippen LogP) is 5.16. The molecule has 0 amide bonds. The Bertz CT molecular complexity index is 985. The molecule has 1 N–H and O–H groups in total. The molecule has 6 heteroatoms. The summed E-state index contributed by atoms with van der Waals surface area (Å²) >= 11 is 3.40. The molecule has 0 saturated carbocycles. The van der Waals surface area contributed by atoms with E-state index in [1.54, 1.807) is 12.1 Å². The number of rotatable bonds is 5. The standard InChI is InChI=1S/C20H19BrFN3O/c1-3-4-18-19(13(2)23-16-9-5-14(21)6-10-16)20(26)25(24-18)17-11-7-15(22)8-12-17/h5-12,24H,3-4H2,1-2H3. The van der Waals surface area contributed by atoms with Gasteiger partial charge in [0.2, 0.25) is 0 Å². The number of nitrogens with one attached hydrogen (secondary N) is 1. The van der Waals surface area contributed by atoms with Crippen molar-refractivity contribution in [3.63, 3.8) is 0 Å². The van der Waals surface area contributed by atoms with Crippen LogP contribution >= 0.6 is 15.9 Å². The molecular weight excluding hydrogens is 397 g/mol. The van der Waals surface area contributed by atoms with Crippen molar-refractivity contribution in [3.8, 4) is 5.69 Å². The third-order valence-electron chi connectivity index (χ3n) is 4.04. The molecule has 0 unspecified atom stereocenters. The summed E-state index contributed by atoms with van der Waals surface area (Å²) < 4.78 is 15.6. The Morgan fingerprint density at radius 3 is 2.42 bits per heavy atom. The molecule has 4 nitrogen and oxygen atoms in total. The third-order valence-corrected chi connectivity index (χ3v) is 4.56. The van der Waals surface area contributed by atoms with E-state index in [1.807, 2.05) is 31.2 Å². The lowest BCUT2D eigenvalue weighted by Gasteiger charge is -2.01. The number of benzene rings is 2. The normalized spacial score (nSPS) is 11.8. The average Bonchev–Trinajstić information content (AvgIpc) is 2.94. The van der Waals surface area contributed by atoms with Gasteiger partial charge in [-0.05, 0) is 61.9 Å². The summed E-state index contributed by atoms with van der Waals surface area (Å²) in [5.74, 6) is -0.338. The predicted molar refractivity (Wildman–Crippen MR) is 106 cm³/mol. The molecule has 0 atom stereocenters. The largest absolute Gasteiger partial charge is 0.294 e. The number of hydrogen-bond donors (Lipinski definition) is 1. The van der Waals surface area contributed by atoms with Gasteiger partial charge in [-0.2, -0.15) is 0 Å². The van der Waals surface area contributed by atoms with E-state index >= 15 is 0 Å². The summed E-state index contributed by atoms with van der Waals surface area (Å²) in [6.07, 6.45) is 1.62. The highest BCUT2D eigenvalue weighted by Crippen LogP contribution is 2.19. The van der Waals surface area contributed by atoms with Gasteiger partial charge in [0.25, 0.3) is 5.56 Å². The van der Waals surface area contributed by atoms with E-state index in [1.165, 1.54) is 16.8 Å². The minimum absolute atomic E-state index is 0.182. The van der Waals surface area contributed by atoms with Gasteiger partial charge in [0.05, 0.1) is 22.6 Å². The van der Waals surface area contributed by atoms with Crippen LogP contribution in [0.25, 0.3) is 5.69 Å². The number of aromatic amines is 1. The Hall–Kier alpha value is -2.47. The van der Waals surface area contributed by atoms with Crippen molar-refractivity contribution in [2.75, 3.05) is 0 Å². The molecule has 26 heavy (non-hydrogen) atoms. The van der Waals surface area contributed by atoms with Gasteiger partial charge in [-0.1, -0.05) is 29.3 Å². The maximum absolute atomic E-state index is 13.2. The Labute approximate surface area is 159 Å². The van der Waals surface area contributed by atoms with Gasteiger partial charge >= 0.3 is 0 Å². The number of nitrogens with zero attached hydrogens (tertiary/aromatic N) is 2. The van der Waals surface area contributed by atoms with Crippen molar-refractivity contribution in [2.45, 2.75) is 26.7 Å². The van der Waals surface area contributed by atoms with Crippen molar-refractivity contribution in [1.29, 1.82) is 0 Å². The maximum Gasteiger partial charge on any atom is 0.280 e. The minimum Gasteiger partial charge on any atom is -0.294 e. The van der Waals surface area contributed by atoms with Gasteiger partial charge in [0, 0.05) is 10.2 Å². The summed E-state index contributed by atoms with van der Waals surface area (Å²) in [6, 6.07) is 13.4. The second kappa shape index (κ2) is 7.83. The monoisotopic (exact) mass is 415 g/mol. The maximum atomic E-state index is 13.2. The molecule has 3 rings (SSSR count). The van der Waals surface area contributed by atoms with Crippen LogP contribution in [0.3, 0.4) is 0 Å². The molecule has 0 aliphatic heterocycles. The third kappa shape index (κ3) is 3.85. The van der Waals surface area contributed by atoms with E-state index in [0.29, 0.717) is 17.0 Å². The fraction of sp³-hybridized carbons (Fsp3) is 0.200. The highest BCUT2D eigenvalue weighted by molar-refractivity contribution is 9.10. The summed E-state index contributed by atoms with van der Waals surface area (Å²) in [6.45, 7) is 3.89. The number of aryl methyl sites for hydroxylation is 1. The number of aromatic nitrogens is 2. The first-order chi connectivity index (χ1) is 12.5. The molecule has 2 aromatic carbocycles. The van der Waals surface area contributed by atoms with E-state index in [2.05, 4.69) is 32.9 Å². The van der Waals surface area contributed by atoms with Gasteiger partial charge in [-0.15, -0.1) is 0 Å². The van der Waals surface area contributed by atoms with Gasteiger partial charge in [-0.25, -0.2) is 9.07 Å². The Balaban J connectivity index is 2.09. The average molecular weight is 416 g/mol. The van der Waals surface area contributed by atoms with E-state index in [-0.39, 0.29) is 11.4 Å². The first-order valence-electron chi connectivity index (χ1n) is 8.40. The molecule has 0 spiro atoms. The van der Waals surface area contributed by atoms with Gasteiger partial charge in [0.15, 0.2) is 0 Å². The topological polar surface area (TPSA) is 50.1 Å². The number of hydrogen-bond acceptors (Lipinski definition) is 2. The second-order valence-corrected chi connectivity index (χ2v) is 6.92. The molecular formula is C20H19BrFN3O. The van der Waals surface area contributed by atoms with Crippen LogP contribution in [0.15, 0.2) is 62.8 Å². The van der Waals surface area contributed by atoms with Crippen molar-refractivity contribution < 1.29 is 4.39 Å². The Morgan fingerprint density at radius 2 is 1.81 bits per heavy atom. The fourth-order valence-corrected chi connectivity index (χ4v) is 3.09. The zero-order chi connectivity index (χ0) is 18.7. The smallest absolute Gasteiger partial charge is 0.280 e. The molecule has 0 radical (unpaired) electrons. The number of H-pyrrole nitrogens is 1. The molecule has 3 aromatic rings. The van der Waals surface area contributed by atoms with E-state index < -0.39 is 0 Å². The molecule has 0 saturated heterocycles. The summed E-state index contributed by atoms with van der Waals surface area (Å²) in [5.41, 5.74) is 3.24. The van der Waals surface area contributed by atoms with Crippen LogP contribution in [0, 0.1) is 5.82 Å². The van der Waals surface area contributed by atoms with Crippen molar-refractivity contribution >= 4 is 27.3 Å². The van der Waals surface area contributed by atoms with Crippen LogP contribution in [0.2, 0.25) is 0 Å². The molecule has 0 aliphatic carbocycles. The van der Waals surface area contributed by atoms with Crippen molar-refractivity contribution in [3.05, 3.63) is 80.4 Å². The number of aliphatic imine (C=N–C) groups is 1. The quantitative estimate of drug-likeness (QED) is 0.574. The van der Waals surface area contributed by atoms with Crippen LogP contribution < -0.4 is 5.56 Å². The van der Waals surface area contributed by atoms with Gasteiger partial charge in [-0.3, -0.25) is 14.9 Å². The van der Waals surface area contributed by atoms with Crippen LogP contribution in [0.4, 0.5) is 10.1 Å². The summed E-state index contributed by atoms with van der Waals surface area (Å²) in [7, 11) is 0. The lowest BCUT2D eigenvalue weighted by molar-refractivity contribution is 0.626. The fourth-order valence-electron chi connectivity index (χ4n) is 2.82. The highest BCUT2D eigenvalue weighted by atomic mass is 79.9. The molecule has 1 aromatic heterocycles. The van der Waals surface area contributed by atoms with Gasteiger partial charge in [0.1, 0.15) is 5.82 Å². The van der Waals surface area contributed by atoms with E-state index in [9.17, 15) is 9.18 Å². The SMILES string of the molecule is CCCc1[nH]n(-c2ccc(F)cc2)c(=O)c1C(C)=Nc1ccc(Br)cc1. The highest BCUT2D eigenvalue weighted by Gasteiger charge is 2.17. The first-order valence-corrected chi connectivity index (χ1v) is 9.20. The Kier molecular flexibility index (Phi) is 5.52. The van der Waals surface area contributed by atoms with Gasteiger partial charge < -0.3 is 0 Å². The lowest BCUT2D eigenvalue weighted by atomic mass is 10.1. The molecule has 0 bridgehead atoms. The van der Waals surface area contributed by atoms with Crippen LogP contribution in [-0.2, 0) is 6.42 Å². The van der Waals surface area contributed by atoms with Crippen LogP contribution in [0.5, 0.6) is 0 Å². The molecule has 1 heterocycles. The van der Waals surface area contributed by atoms with E-state index in [4.69, 9.17) is 0 Å². The summed E-state index contributed by atoms with van der Waals surface area (Å²) in [5, 5.41) is 3.16.